The van der Waals surface area contributed by atoms with Crippen molar-refractivity contribution in [2.24, 2.45) is 5.92 Å². The molecule has 3 N–H and O–H groups in total. The van der Waals surface area contributed by atoms with Crippen LogP contribution in [0.5, 0.6) is 5.75 Å². The minimum atomic E-state index is -0.726. The summed E-state index contributed by atoms with van der Waals surface area (Å²) in [4.78, 5) is 64.5. The van der Waals surface area contributed by atoms with Crippen molar-refractivity contribution in [3.63, 3.8) is 0 Å². The van der Waals surface area contributed by atoms with Gasteiger partial charge >= 0.3 is 5.63 Å². The summed E-state index contributed by atoms with van der Waals surface area (Å²) in [6, 6.07) is 5.34. The fourth-order valence-corrected chi connectivity index (χ4v) is 4.89. The van der Waals surface area contributed by atoms with E-state index < -0.39 is 23.6 Å². The third-order valence-electron chi connectivity index (χ3n) is 6.98. The maximum atomic E-state index is 13.2. The third-order valence-corrected chi connectivity index (χ3v) is 6.98. The first-order chi connectivity index (χ1) is 19.1. The lowest BCUT2D eigenvalue weighted by molar-refractivity contribution is -0.141. The van der Waals surface area contributed by atoms with Crippen molar-refractivity contribution in [3.8, 4) is 5.75 Å². The smallest absolute Gasteiger partial charge is 0.349 e. The van der Waals surface area contributed by atoms with Crippen LogP contribution in [0.15, 0.2) is 33.5 Å². The van der Waals surface area contributed by atoms with E-state index in [0.717, 1.165) is 6.42 Å². The monoisotopic (exact) mass is 556 g/mol. The Morgan fingerprint density at radius 1 is 1.12 bits per heavy atom. The molecule has 0 spiro atoms. The molecule has 0 unspecified atom stereocenters. The molecule has 1 fully saturated rings. The molecule has 1 aliphatic rings. The van der Waals surface area contributed by atoms with Gasteiger partial charge in [-0.1, -0.05) is 20.3 Å². The first-order valence-electron chi connectivity index (χ1n) is 13.9. The molecule has 0 aliphatic carbocycles. The first-order valence-corrected chi connectivity index (χ1v) is 13.9. The van der Waals surface area contributed by atoms with Crippen LogP contribution in [0, 0.1) is 5.92 Å². The molecule has 2 heterocycles. The lowest BCUT2D eigenvalue weighted by atomic mass is 10.0. The zero-order valence-electron chi connectivity index (χ0n) is 23.7. The average Bonchev–Trinajstić information content (AvgIpc) is 3.42. The number of likely N-dealkylation sites (N-methyl/N-ethyl adjacent to an activating group) is 1. The Labute approximate surface area is 234 Å². The molecule has 11 nitrogen and oxygen atoms in total. The molecule has 1 aromatic carbocycles. The van der Waals surface area contributed by atoms with E-state index in [-0.39, 0.29) is 35.6 Å². The number of amides is 4. The lowest BCUT2D eigenvalue weighted by Gasteiger charge is -2.29. The van der Waals surface area contributed by atoms with Crippen LogP contribution in [-0.4, -0.2) is 67.9 Å². The summed E-state index contributed by atoms with van der Waals surface area (Å²) < 4.78 is 10.4. The number of nitrogens with one attached hydrogen (secondary N) is 3. The second kappa shape index (κ2) is 14.5. The summed E-state index contributed by atoms with van der Waals surface area (Å²) in [7, 11) is 3.07. The standard InChI is InChI=1S/C29H40N4O7/c1-18(2)15-22(28(37)33-14-8-9-23(33)27(36)30-3)32-25(34)10-6-5-7-13-31-26(35)21-16-19-11-12-20(39-4)17-24(19)40-29(21)38/h11-12,16-18,22-23H,5-10,13-15H2,1-4H3,(H,30,36)(H,31,35)(H,32,34)/t22-,23-/m0/s1. The molecule has 40 heavy (non-hydrogen) atoms. The Morgan fingerprint density at radius 3 is 2.60 bits per heavy atom. The van der Waals surface area contributed by atoms with Crippen LogP contribution in [0.25, 0.3) is 11.0 Å². The number of likely N-dealkylation sites (tertiary alicyclic amines) is 1. The first kappa shape index (κ1) is 30.6. The summed E-state index contributed by atoms with van der Waals surface area (Å²) >= 11 is 0. The number of fused-ring (bicyclic) bond motifs is 1. The molecule has 1 aromatic heterocycles. The SMILES string of the molecule is CNC(=O)[C@@H]1CCCN1C(=O)[C@H](CC(C)C)NC(=O)CCCCCNC(=O)c1cc2ccc(OC)cc2oc1=O. The number of hydrogen-bond donors (Lipinski definition) is 3. The van der Waals surface area contributed by atoms with Crippen LogP contribution in [0.2, 0.25) is 0 Å². The van der Waals surface area contributed by atoms with Gasteiger partial charge in [-0.25, -0.2) is 4.79 Å². The highest BCUT2D eigenvalue weighted by Gasteiger charge is 2.37. The van der Waals surface area contributed by atoms with E-state index in [4.69, 9.17) is 9.15 Å². The normalized spacial score (nSPS) is 15.6. The zero-order chi connectivity index (χ0) is 29.2. The summed E-state index contributed by atoms with van der Waals surface area (Å²) in [5.41, 5.74) is -0.464. The number of carbonyl (C=O) groups excluding carboxylic acids is 4. The van der Waals surface area contributed by atoms with Gasteiger partial charge < -0.3 is 30.0 Å². The van der Waals surface area contributed by atoms with Crippen LogP contribution in [0.1, 0.15) is 69.2 Å². The number of unbranched alkanes of at least 4 members (excludes halogenated alkanes) is 2. The van der Waals surface area contributed by atoms with Gasteiger partial charge in [0.1, 0.15) is 29.0 Å². The second-order valence-electron chi connectivity index (χ2n) is 10.5. The van der Waals surface area contributed by atoms with Crippen molar-refractivity contribution in [3.05, 3.63) is 40.2 Å². The topological polar surface area (TPSA) is 147 Å². The van der Waals surface area contributed by atoms with E-state index in [0.29, 0.717) is 61.9 Å². The molecule has 0 saturated carbocycles. The molecule has 1 saturated heterocycles. The molecular weight excluding hydrogens is 516 g/mol. The maximum absolute atomic E-state index is 13.2. The Balaban J connectivity index is 1.44. The summed E-state index contributed by atoms with van der Waals surface area (Å²) in [5.74, 6) is -0.403. The highest BCUT2D eigenvalue weighted by Crippen LogP contribution is 2.21. The number of carbonyl (C=O) groups is 4. The molecule has 4 amide bonds. The fourth-order valence-electron chi connectivity index (χ4n) is 4.89. The predicted octanol–water partition coefficient (Wildman–Crippen LogP) is 2.36. The minimum Gasteiger partial charge on any atom is -0.497 e. The highest BCUT2D eigenvalue weighted by molar-refractivity contribution is 5.96. The fraction of sp³-hybridized carbons (Fsp3) is 0.552. The van der Waals surface area contributed by atoms with Crippen LogP contribution in [-0.2, 0) is 14.4 Å². The quantitative estimate of drug-likeness (QED) is 0.253. The van der Waals surface area contributed by atoms with Crippen molar-refractivity contribution in [1.82, 2.24) is 20.9 Å². The molecule has 2 aromatic rings. The van der Waals surface area contributed by atoms with Gasteiger partial charge in [0.2, 0.25) is 17.7 Å². The van der Waals surface area contributed by atoms with Crippen LogP contribution in [0.4, 0.5) is 0 Å². The molecule has 0 radical (unpaired) electrons. The van der Waals surface area contributed by atoms with Crippen molar-refractivity contribution in [1.29, 1.82) is 0 Å². The number of rotatable bonds is 13. The Kier molecular flexibility index (Phi) is 11.1. The molecule has 2 atom stereocenters. The number of hydrogen-bond acceptors (Lipinski definition) is 7. The number of benzene rings is 1. The van der Waals surface area contributed by atoms with E-state index in [1.54, 1.807) is 30.1 Å². The molecule has 0 bridgehead atoms. The van der Waals surface area contributed by atoms with E-state index in [9.17, 15) is 24.0 Å². The molecule has 11 heteroatoms. The molecular formula is C29H40N4O7. The van der Waals surface area contributed by atoms with Gasteiger partial charge in [-0.15, -0.1) is 0 Å². The van der Waals surface area contributed by atoms with E-state index in [2.05, 4.69) is 16.0 Å². The van der Waals surface area contributed by atoms with Gasteiger partial charge in [0.15, 0.2) is 0 Å². The summed E-state index contributed by atoms with van der Waals surface area (Å²) in [5, 5.41) is 8.83. The predicted molar refractivity (Wildman–Crippen MR) is 150 cm³/mol. The van der Waals surface area contributed by atoms with Gasteiger partial charge in [0, 0.05) is 38.0 Å². The Bertz CT molecular complexity index is 1270. The Morgan fingerprint density at radius 2 is 1.90 bits per heavy atom. The maximum Gasteiger partial charge on any atom is 0.349 e. The molecule has 3 rings (SSSR count). The van der Waals surface area contributed by atoms with Crippen molar-refractivity contribution >= 4 is 34.6 Å². The van der Waals surface area contributed by atoms with Gasteiger partial charge in [-0.05, 0) is 56.2 Å². The zero-order valence-corrected chi connectivity index (χ0v) is 23.7. The van der Waals surface area contributed by atoms with E-state index in [1.165, 1.54) is 13.2 Å². The van der Waals surface area contributed by atoms with Gasteiger partial charge in [0.05, 0.1) is 7.11 Å². The number of ether oxygens (including phenoxy) is 1. The van der Waals surface area contributed by atoms with Crippen LogP contribution >= 0.6 is 0 Å². The van der Waals surface area contributed by atoms with Gasteiger partial charge in [0.25, 0.3) is 5.91 Å². The number of nitrogens with zero attached hydrogens (tertiary/aromatic N) is 1. The second-order valence-corrected chi connectivity index (χ2v) is 10.5. The van der Waals surface area contributed by atoms with Crippen molar-refractivity contribution in [2.75, 3.05) is 27.2 Å². The van der Waals surface area contributed by atoms with E-state index in [1.807, 2.05) is 13.8 Å². The number of methoxy groups -OCH3 is 1. The van der Waals surface area contributed by atoms with Crippen LogP contribution in [0.3, 0.4) is 0 Å². The Hall–Kier alpha value is -3.89. The molecule has 218 valence electrons. The summed E-state index contributed by atoms with van der Waals surface area (Å²) in [6.45, 7) is 4.81. The van der Waals surface area contributed by atoms with Gasteiger partial charge in [-0.3, -0.25) is 19.2 Å². The average molecular weight is 557 g/mol. The largest absolute Gasteiger partial charge is 0.497 e. The van der Waals surface area contributed by atoms with Crippen molar-refractivity contribution in [2.45, 2.75) is 70.9 Å². The van der Waals surface area contributed by atoms with Crippen LogP contribution < -0.4 is 26.3 Å². The third kappa shape index (κ3) is 8.06. The van der Waals surface area contributed by atoms with Gasteiger partial charge in [-0.2, -0.15) is 0 Å². The van der Waals surface area contributed by atoms with E-state index >= 15 is 0 Å². The summed E-state index contributed by atoms with van der Waals surface area (Å²) in [6.07, 6.45) is 3.97. The minimum absolute atomic E-state index is 0.0745. The lowest BCUT2D eigenvalue weighted by Crippen LogP contribution is -2.53. The van der Waals surface area contributed by atoms with Crippen molar-refractivity contribution < 1.29 is 28.3 Å². The molecule has 1 aliphatic heterocycles. The highest BCUT2D eigenvalue weighted by atomic mass is 16.5.